The molecule has 3 heterocycles. The summed E-state index contributed by atoms with van der Waals surface area (Å²) in [6, 6.07) is 10.7. The first kappa shape index (κ1) is 24.2. The van der Waals surface area contributed by atoms with Crippen molar-refractivity contribution in [1.29, 1.82) is 0 Å². The van der Waals surface area contributed by atoms with Crippen molar-refractivity contribution in [2.24, 2.45) is 5.11 Å². The first-order chi connectivity index (χ1) is 16.9. The number of rotatable bonds is 9. The predicted octanol–water partition coefficient (Wildman–Crippen LogP) is 3.49. The zero-order chi connectivity index (χ0) is 24.8. The van der Waals surface area contributed by atoms with Gasteiger partial charge in [0.1, 0.15) is 12.0 Å². The van der Waals surface area contributed by atoms with Gasteiger partial charge in [0.05, 0.1) is 24.9 Å². The topological polar surface area (TPSA) is 170 Å². The second-order valence-electron chi connectivity index (χ2n) is 7.54. The summed E-state index contributed by atoms with van der Waals surface area (Å²) in [6.07, 6.45) is 2.61. The fourth-order valence-corrected chi connectivity index (χ4v) is 4.62. The summed E-state index contributed by atoms with van der Waals surface area (Å²) in [5.41, 5.74) is 8.11. The number of aryl methyl sites for hydroxylation is 1. The average Bonchev–Trinajstić information content (AvgIpc) is 3.24. The van der Waals surface area contributed by atoms with E-state index in [1.165, 1.54) is 29.2 Å². The molecule has 0 saturated carbocycles. The van der Waals surface area contributed by atoms with Gasteiger partial charge in [-0.05, 0) is 36.7 Å². The number of phosphoric acid groups is 1. The Morgan fingerprint density at radius 3 is 2.69 bits per heavy atom. The van der Waals surface area contributed by atoms with E-state index >= 15 is 0 Å². The molecule has 14 heteroatoms. The summed E-state index contributed by atoms with van der Waals surface area (Å²) in [6.45, 7) is 1.20. The number of pyridine rings is 1. The molecule has 0 bridgehead atoms. The van der Waals surface area contributed by atoms with Crippen LogP contribution in [-0.4, -0.2) is 33.3 Å². The van der Waals surface area contributed by atoms with Crippen LogP contribution < -0.4 is 20.3 Å². The number of nitrogens with one attached hydrogen (secondary N) is 1. The molecule has 0 amide bonds. The third kappa shape index (κ3) is 5.97. The molecule has 4 rings (SSSR count). The molecule has 1 aliphatic rings. The van der Waals surface area contributed by atoms with Gasteiger partial charge in [-0.3, -0.25) is 23.9 Å². The Kier molecular flexibility index (Phi) is 7.33. The number of azide groups is 1. The second-order valence-corrected chi connectivity index (χ2v) is 9.06. The molecule has 13 nitrogen and oxygen atoms in total. The van der Waals surface area contributed by atoms with Gasteiger partial charge in [0.15, 0.2) is 5.75 Å². The maximum absolute atomic E-state index is 13.5. The van der Waals surface area contributed by atoms with Crippen LogP contribution >= 0.6 is 7.82 Å². The summed E-state index contributed by atoms with van der Waals surface area (Å²) in [4.78, 5) is 32.9. The third-order valence-corrected chi connectivity index (χ3v) is 6.40. The van der Waals surface area contributed by atoms with E-state index in [-0.39, 0.29) is 24.5 Å². The summed E-state index contributed by atoms with van der Waals surface area (Å²) < 4.78 is 37.3. The van der Waals surface area contributed by atoms with Crippen molar-refractivity contribution >= 4 is 7.82 Å². The van der Waals surface area contributed by atoms with Gasteiger partial charge < -0.3 is 13.8 Å². The molecule has 0 aliphatic carbocycles. The van der Waals surface area contributed by atoms with Crippen LogP contribution in [0.5, 0.6) is 11.5 Å². The number of H-pyrrole nitrogens is 1. The Balaban J connectivity index is 1.55. The van der Waals surface area contributed by atoms with E-state index in [0.717, 1.165) is 0 Å². The minimum Gasteiger partial charge on any atom is -0.395 e. The molecule has 35 heavy (non-hydrogen) atoms. The van der Waals surface area contributed by atoms with Gasteiger partial charge in [-0.25, -0.2) is 9.36 Å². The van der Waals surface area contributed by atoms with Gasteiger partial charge in [-0.15, -0.1) is 0 Å². The highest BCUT2D eigenvalue weighted by atomic mass is 31.2. The molecule has 0 spiro atoms. The molecule has 1 aromatic carbocycles. The molecule has 3 aromatic rings. The Bertz CT molecular complexity index is 1330. The standard InChI is InChI=1S/C21H21N6O7P/c1-14-12-27(21(29)24-20(14)28)19-10-17(25-26-22)18(32-19)13-31-35(30,33-15-6-3-2-4-7-15)34-16-8-5-9-23-11-16/h2-9,11-12,17-19H,10,13H2,1H3,(H,24,28,29)/t17?,18-,19-,35?/m1/s1. The molecule has 4 atom stereocenters. The van der Waals surface area contributed by atoms with Gasteiger partial charge in [0.2, 0.25) is 0 Å². The van der Waals surface area contributed by atoms with Crippen molar-refractivity contribution < 1.29 is 22.9 Å². The molecule has 1 N–H and O–H groups in total. The molecule has 182 valence electrons. The van der Waals surface area contributed by atoms with E-state index in [2.05, 4.69) is 20.0 Å². The Morgan fingerprint density at radius 1 is 1.23 bits per heavy atom. The number of hydrogen-bond acceptors (Lipinski definition) is 9. The largest absolute Gasteiger partial charge is 0.587 e. The van der Waals surface area contributed by atoms with Crippen LogP contribution in [0.4, 0.5) is 0 Å². The van der Waals surface area contributed by atoms with Crippen molar-refractivity contribution in [2.75, 3.05) is 6.61 Å². The van der Waals surface area contributed by atoms with E-state index in [0.29, 0.717) is 5.56 Å². The van der Waals surface area contributed by atoms with Gasteiger partial charge in [0.25, 0.3) is 5.56 Å². The van der Waals surface area contributed by atoms with Crippen LogP contribution in [0.25, 0.3) is 10.4 Å². The quantitative estimate of drug-likeness (QED) is 0.201. The van der Waals surface area contributed by atoms with Crippen LogP contribution in [0.3, 0.4) is 0 Å². The normalized spacial score (nSPS) is 21.0. The van der Waals surface area contributed by atoms with Crippen molar-refractivity contribution in [3.05, 3.63) is 97.9 Å². The Morgan fingerprint density at radius 2 is 1.97 bits per heavy atom. The SMILES string of the molecule is Cc1cn([C@H]2CC(N=[N+]=[N-])[C@@H](COP(=O)(Oc3ccccc3)Oc3cccnc3)O2)c(=O)[nH]c1=O. The minimum absolute atomic E-state index is 0.122. The minimum atomic E-state index is -4.25. The smallest absolute Gasteiger partial charge is 0.395 e. The number of aromatic nitrogens is 3. The van der Waals surface area contributed by atoms with Crippen LogP contribution in [0.2, 0.25) is 0 Å². The lowest BCUT2D eigenvalue weighted by atomic mass is 10.1. The monoisotopic (exact) mass is 500 g/mol. The lowest BCUT2D eigenvalue weighted by Crippen LogP contribution is -2.33. The number of benzene rings is 1. The number of para-hydroxylation sites is 1. The molecule has 1 fully saturated rings. The molecule has 1 aliphatic heterocycles. The van der Waals surface area contributed by atoms with Crippen molar-refractivity contribution in [3.8, 4) is 11.5 Å². The fourth-order valence-electron chi connectivity index (χ4n) is 3.40. The molecule has 0 radical (unpaired) electrons. The predicted molar refractivity (Wildman–Crippen MR) is 123 cm³/mol. The van der Waals surface area contributed by atoms with E-state index in [1.54, 1.807) is 43.3 Å². The first-order valence-electron chi connectivity index (χ1n) is 10.5. The number of ether oxygens (including phenoxy) is 1. The van der Waals surface area contributed by atoms with Gasteiger partial charge in [-0.2, -0.15) is 0 Å². The van der Waals surface area contributed by atoms with Gasteiger partial charge >= 0.3 is 13.5 Å². The van der Waals surface area contributed by atoms with Gasteiger partial charge in [-0.1, -0.05) is 23.3 Å². The van der Waals surface area contributed by atoms with Crippen LogP contribution in [-0.2, 0) is 13.8 Å². The summed E-state index contributed by atoms with van der Waals surface area (Å²) in [7, 11) is -4.25. The highest BCUT2D eigenvalue weighted by Crippen LogP contribution is 2.50. The lowest BCUT2D eigenvalue weighted by Gasteiger charge is -2.22. The summed E-state index contributed by atoms with van der Waals surface area (Å²) >= 11 is 0. The zero-order valence-corrected chi connectivity index (χ0v) is 19.4. The van der Waals surface area contributed by atoms with Crippen molar-refractivity contribution in [3.63, 3.8) is 0 Å². The highest BCUT2D eigenvalue weighted by molar-refractivity contribution is 7.49. The van der Waals surface area contributed by atoms with Crippen molar-refractivity contribution in [2.45, 2.75) is 31.7 Å². The van der Waals surface area contributed by atoms with Gasteiger partial charge in [0, 0.05) is 29.3 Å². The van der Waals surface area contributed by atoms with Crippen LogP contribution in [0, 0.1) is 6.92 Å². The Labute approximate surface area is 198 Å². The molecule has 2 unspecified atom stereocenters. The van der Waals surface area contributed by atoms with E-state index in [1.807, 2.05) is 0 Å². The van der Waals surface area contributed by atoms with E-state index in [4.69, 9.17) is 23.8 Å². The Hall–Kier alpha value is -3.89. The molecule has 2 aromatic heterocycles. The average molecular weight is 500 g/mol. The molecular formula is C21H21N6O7P. The summed E-state index contributed by atoms with van der Waals surface area (Å²) in [5, 5.41) is 3.73. The first-order valence-corrected chi connectivity index (χ1v) is 11.9. The number of phosphoric ester groups is 1. The molecule has 1 saturated heterocycles. The highest BCUT2D eigenvalue weighted by Gasteiger charge is 2.40. The summed E-state index contributed by atoms with van der Waals surface area (Å²) in [5.74, 6) is 0.394. The van der Waals surface area contributed by atoms with E-state index < -0.39 is 37.4 Å². The van der Waals surface area contributed by atoms with E-state index in [9.17, 15) is 14.2 Å². The number of nitrogens with zero attached hydrogens (tertiary/aromatic N) is 5. The van der Waals surface area contributed by atoms with Crippen LogP contribution in [0.1, 0.15) is 18.2 Å². The maximum atomic E-state index is 13.5. The van der Waals surface area contributed by atoms with Crippen LogP contribution in [0.15, 0.2) is 75.8 Å². The maximum Gasteiger partial charge on any atom is 0.587 e. The van der Waals surface area contributed by atoms with Crippen molar-refractivity contribution in [1.82, 2.24) is 14.5 Å². The second kappa shape index (κ2) is 10.6. The zero-order valence-electron chi connectivity index (χ0n) is 18.5. The third-order valence-electron chi connectivity index (χ3n) is 5.07. The number of aromatic amines is 1. The molecular weight excluding hydrogens is 479 g/mol. The fraction of sp³-hybridized carbons (Fsp3) is 0.286. The lowest BCUT2D eigenvalue weighted by molar-refractivity contribution is -0.0260. The number of hydrogen-bond donors (Lipinski definition) is 1.